The van der Waals surface area contributed by atoms with Crippen LogP contribution in [0.25, 0.3) is 0 Å². The van der Waals surface area contributed by atoms with Crippen LogP contribution in [0.15, 0.2) is 0 Å². The Morgan fingerprint density at radius 2 is 1.25 bits per heavy atom. The van der Waals surface area contributed by atoms with Crippen LogP contribution in [0.5, 0.6) is 0 Å². The smallest absolute Gasteiger partial charge is 1.00 e. The van der Waals surface area contributed by atoms with Gasteiger partial charge >= 0.3 is 87.4 Å². The Kier molecular flexibility index (Phi) is 4.88. The summed E-state index contributed by atoms with van der Waals surface area (Å²) < 4.78 is 84.0. The molecular formula is C2F5NaO3Se. The Labute approximate surface area is 87.2 Å². The summed E-state index contributed by atoms with van der Waals surface area (Å²) in [5, 5.41) is 0. The molecule has 0 aromatic heterocycles. The van der Waals surface area contributed by atoms with Crippen LogP contribution >= 0.6 is 0 Å². The molecule has 0 bridgehead atoms. The van der Waals surface area contributed by atoms with Crippen molar-refractivity contribution in [3.8, 4) is 0 Å². The molecule has 68 valence electrons. The minimum atomic E-state index is -7.40. The van der Waals surface area contributed by atoms with E-state index in [0.717, 1.165) is 0 Å². The molecular weight excluding hydrogens is 269 g/mol. The molecule has 0 aromatic carbocycles. The molecule has 0 saturated heterocycles. The minimum Gasteiger partial charge on any atom is 1.00 e. The van der Waals surface area contributed by atoms with Crippen LogP contribution in [0.4, 0.5) is 22.0 Å². The van der Waals surface area contributed by atoms with Gasteiger partial charge in [0.05, 0.1) is 0 Å². The van der Waals surface area contributed by atoms with E-state index in [1.807, 2.05) is 0 Å². The normalized spacial score (nSPS) is 13.8. The van der Waals surface area contributed by atoms with E-state index in [4.69, 9.17) is 0 Å². The van der Waals surface area contributed by atoms with Crippen molar-refractivity contribution in [2.75, 3.05) is 0 Å². The molecule has 0 amide bonds. The summed E-state index contributed by atoms with van der Waals surface area (Å²) in [5.41, 5.74) is 0. The van der Waals surface area contributed by atoms with Crippen LogP contribution in [-0.2, 0) is 7.67 Å². The third-order valence-electron chi connectivity index (χ3n) is 0.644. The predicted octanol–water partition coefficient (Wildman–Crippen LogP) is -3.11. The average Bonchev–Trinajstić information content (AvgIpc) is 1.58. The van der Waals surface area contributed by atoms with E-state index in [9.17, 15) is 33.8 Å². The van der Waals surface area contributed by atoms with Crippen LogP contribution in [0.1, 0.15) is 0 Å². The standard InChI is InChI=1S/C2HF5O3Se.Na/c3-1(4,5)2(6,7)11(8,9)10;/h(H,8,9,10);/q;+1/p-1. The summed E-state index contributed by atoms with van der Waals surface area (Å²) in [5.74, 6) is 0. The summed E-state index contributed by atoms with van der Waals surface area (Å²) in [7, 11) is 0. The number of hydrogen-bond donors (Lipinski definition) is 0. The quantitative estimate of drug-likeness (QED) is 0.374. The van der Waals surface area contributed by atoms with Crippen LogP contribution in [0.3, 0.4) is 0 Å². The average molecular weight is 269 g/mol. The zero-order valence-electron chi connectivity index (χ0n) is 5.52. The first-order valence-electron chi connectivity index (χ1n) is 1.90. The van der Waals surface area contributed by atoms with E-state index in [2.05, 4.69) is 0 Å². The Hall–Kier alpha value is 0.729. The number of hydrogen-bond acceptors (Lipinski definition) is 3. The molecule has 3 nitrogen and oxygen atoms in total. The van der Waals surface area contributed by atoms with Gasteiger partial charge in [-0.2, -0.15) is 0 Å². The molecule has 0 N–H and O–H groups in total. The Bertz CT molecular complexity index is 242. The van der Waals surface area contributed by atoms with Gasteiger partial charge in [0.15, 0.2) is 0 Å². The maximum atomic E-state index is 11.4. The fourth-order valence-electron chi connectivity index (χ4n) is 0.142. The Morgan fingerprint density at radius 1 is 1.00 bits per heavy atom. The molecule has 0 aliphatic carbocycles. The van der Waals surface area contributed by atoms with Crippen molar-refractivity contribution < 1.29 is 63.4 Å². The van der Waals surface area contributed by atoms with Gasteiger partial charge in [0.1, 0.15) is 0 Å². The summed E-state index contributed by atoms with van der Waals surface area (Å²) >= 11 is -7.40. The largest absolute Gasteiger partial charge is 1.00 e. The molecule has 0 aromatic rings. The summed E-state index contributed by atoms with van der Waals surface area (Å²) in [6.45, 7) is 0. The topological polar surface area (TPSA) is 57.2 Å². The molecule has 0 unspecified atom stereocenters. The third kappa shape index (κ3) is 2.90. The first-order valence-corrected chi connectivity index (χ1v) is 4.85. The zero-order chi connectivity index (χ0) is 9.50. The second kappa shape index (κ2) is 3.85. The van der Waals surface area contributed by atoms with Crippen LogP contribution < -0.4 is 33.7 Å². The number of alkyl halides is 5. The van der Waals surface area contributed by atoms with E-state index in [-0.39, 0.29) is 29.6 Å². The Balaban J connectivity index is 0. The Morgan fingerprint density at radius 3 is 1.25 bits per heavy atom. The molecule has 0 aliphatic rings. The number of rotatable bonds is 1. The molecule has 0 radical (unpaired) electrons. The molecule has 0 rings (SSSR count). The maximum Gasteiger partial charge on any atom is 1.00 e. The molecule has 10 heteroatoms. The third-order valence-corrected chi connectivity index (χ3v) is 2.45. The van der Waals surface area contributed by atoms with Crippen molar-refractivity contribution >= 4 is 13.0 Å². The predicted molar refractivity (Wildman–Crippen MR) is 18.1 cm³/mol. The van der Waals surface area contributed by atoms with Gasteiger partial charge in [0.25, 0.3) is 0 Å². The van der Waals surface area contributed by atoms with E-state index in [1.54, 1.807) is 0 Å². The van der Waals surface area contributed by atoms with Crippen molar-refractivity contribution in [2.45, 2.75) is 11.0 Å². The van der Waals surface area contributed by atoms with Crippen molar-refractivity contribution in [1.29, 1.82) is 0 Å². The van der Waals surface area contributed by atoms with Gasteiger partial charge in [0, 0.05) is 0 Å². The second-order valence-electron chi connectivity index (χ2n) is 1.47. The van der Waals surface area contributed by atoms with Crippen molar-refractivity contribution in [3.05, 3.63) is 0 Å². The van der Waals surface area contributed by atoms with Gasteiger partial charge in [-0.1, -0.05) is 0 Å². The first kappa shape index (κ1) is 15.2. The van der Waals surface area contributed by atoms with Crippen molar-refractivity contribution in [3.63, 3.8) is 0 Å². The molecule has 0 saturated carbocycles. The molecule has 0 spiro atoms. The first-order chi connectivity index (χ1) is 4.50. The van der Waals surface area contributed by atoms with E-state index < -0.39 is 24.0 Å². The minimum absolute atomic E-state index is 0. The van der Waals surface area contributed by atoms with Crippen LogP contribution in [0.2, 0.25) is 0 Å². The van der Waals surface area contributed by atoms with Gasteiger partial charge in [-0.3, -0.25) is 0 Å². The van der Waals surface area contributed by atoms with Crippen molar-refractivity contribution in [1.82, 2.24) is 0 Å². The number of halogens is 5. The molecule has 12 heavy (non-hydrogen) atoms. The van der Waals surface area contributed by atoms with Gasteiger partial charge in [-0.25, -0.2) is 0 Å². The second-order valence-corrected chi connectivity index (χ2v) is 4.45. The van der Waals surface area contributed by atoms with Gasteiger partial charge in [0.2, 0.25) is 0 Å². The molecule has 0 heterocycles. The van der Waals surface area contributed by atoms with Gasteiger partial charge in [-0.05, 0) is 0 Å². The summed E-state index contributed by atoms with van der Waals surface area (Å²) in [6, 6.07) is 0. The molecule has 0 aliphatic heterocycles. The molecule has 0 fully saturated rings. The van der Waals surface area contributed by atoms with Crippen LogP contribution in [-0.4, -0.2) is 24.0 Å². The van der Waals surface area contributed by atoms with Crippen LogP contribution in [0, 0.1) is 0 Å². The fraction of sp³-hybridized carbons (Fsp3) is 1.00. The van der Waals surface area contributed by atoms with Gasteiger partial charge < -0.3 is 0 Å². The summed E-state index contributed by atoms with van der Waals surface area (Å²) in [4.78, 5) is -6.14. The zero-order valence-corrected chi connectivity index (χ0v) is 9.24. The van der Waals surface area contributed by atoms with Crippen molar-refractivity contribution in [2.24, 2.45) is 0 Å². The van der Waals surface area contributed by atoms with E-state index >= 15 is 0 Å². The van der Waals surface area contributed by atoms with E-state index in [1.165, 1.54) is 0 Å². The SMILES string of the molecule is O=[Se](=O)([O-])C(F)(F)C(F)(F)F.[Na+]. The van der Waals surface area contributed by atoms with Gasteiger partial charge in [-0.15, -0.1) is 0 Å². The van der Waals surface area contributed by atoms with E-state index in [0.29, 0.717) is 0 Å². The fourth-order valence-corrected chi connectivity index (χ4v) is 0.736. The maximum absolute atomic E-state index is 11.4. The summed E-state index contributed by atoms with van der Waals surface area (Å²) in [6.07, 6.45) is -6.32. The monoisotopic (exact) mass is 270 g/mol. The molecule has 0 atom stereocenters.